The minimum absolute atomic E-state index is 0.572. The number of ether oxygens (including phenoxy) is 1. The van der Waals surface area contributed by atoms with Crippen molar-refractivity contribution in [3.8, 4) is 0 Å². The van der Waals surface area contributed by atoms with E-state index in [1.165, 1.54) is 0 Å². The molecule has 140 valence electrons. The summed E-state index contributed by atoms with van der Waals surface area (Å²) in [5.41, 5.74) is 0. The van der Waals surface area contributed by atoms with Gasteiger partial charge < -0.3 is 4.74 Å². The summed E-state index contributed by atoms with van der Waals surface area (Å²) in [6.07, 6.45) is -5.51. The molecule has 0 spiro atoms. The van der Waals surface area contributed by atoms with Gasteiger partial charge in [-0.1, -0.05) is 0 Å². The van der Waals surface area contributed by atoms with Gasteiger partial charge in [0.1, 0.15) is 6.61 Å². The Morgan fingerprint density at radius 3 is 1.52 bits per heavy atom. The van der Waals surface area contributed by atoms with Crippen molar-refractivity contribution in [3.05, 3.63) is 0 Å². The first-order valence-corrected chi connectivity index (χ1v) is 5.85. The second-order valence-corrected chi connectivity index (χ2v) is 4.47. The van der Waals surface area contributed by atoms with Gasteiger partial charge in [0.2, 0.25) is 0 Å². The summed E-state index contributed by atoms with van der Waals surface area (Å²) < 4.78 is 156. The Kier molecular flexibility index (Phi) is 6.56. The smallest absolute Gasteiger partial charge is 0.374 e. The highest BCUT2D eigenvalue weighted by Crippen LogP contribution is 2.58. The fourth-order valence-electron chi connectivity index (χ4n) is 1.12. The van der Waals surface area contributed by atoms with E-state index in [4.69, 9.17) is 11.6 Å². The molecular weight excluding hydrogens is 388 g/mol. The summed E-state index contributed by atoms with van der Waals surface area (Å²) in [5.74, 6) is -35.8. The Bertz CT molecular complexity index is 396. The summed E-state index contributed by atoms with van der Waals surface area (Å²) in [4.78, 5) is 0. The highest BCUT2D eigenvalue weighted by atomic mass is 35.5. The molecular formula is C9H7ClF12O. The topological polar surface area (TPSA) is 9.23 Å². The highest BCUT2D eigenvalue weighted by Gasteiger charge is 2.87. The van der Waals surface area contributed by atoms with Gasteiger partial charge in [0.15, 0.2) is 0 Å². The van der Waals surface area contributed by atoms with Crippen LogP contribution in [-0.4, -0.2) is 55.1 Å². The molecule has 0 bridgehead atoms. The van der Waals surface area contributed by atoms with E-state index in [0.717, 1.165) is 0 Å². The molecule has 0 N–H and O–H groups in total. The van der Waals surface area contributed by atoms with Gasteiger partial charge in [0.25, 0.3) is 0 Å². The Morgan fingerprint density at radius 1 is 0.739 bits per heavy atom. The van der Waals surface area contributed by atoms with Gasteiger partial charge >= 0.3 is 36.0 Å². The third-order valence-electron chi connectivity index (χ3n) is 2.45. The Hall–Kier alpha value is -0.590. The van der Waals surface area contributed by atoms with E-state index in [2.05, 4.69) is 4.74 Å². The first-order chi connectivity index (χ1) is 10.0. The number of halogens is 13. The molecule has 0 rings (SSSR count). The number of rotatable bonds is 9. The molecule has 0 fully saturated rings. The molecule has 0 aromatic heterocycles. The molecule has 0 aliphatic rings. The van der Waals surface area contributed by atoms with Crippen molar-refractivity contribution in [3.63, 3.8) is 0 Å². The second-order valence-electron chi connectivity index (χ2n) is 4.09. The second kappa shape index (κ2) is 6.73. The molecule has 0 aliphatic carbocycles. The zero-order chi connectivity index (χ0) is 18.9. The van der Waals surface area contributed by atoms with Crippen molar-refractivity contribution in [2.75, 3.05) is 19.1 Å². The quantitative estimate of drug-likeness (QED) is 0.313. The average Bonchev–Trinajstić information content (AvgIpc) is 2.37. The van der Waals surface area contributed by atoms with Crippen LogP contribution in [0.15, 0.2) is 0 Å². The first kappa shape index (κ1) is 22.4. The third kappa shape index (κ3) is 3.59. The predicted octanol–water partition coefficient (Wildman–Crippen LogP) is 4.68. The Balaban J connectivity index is 5.77. The fraction of sp³-hybridized carbons (Fsp3) is 1.00. The minimum atomic E-state index is -7.52. The molecule has 0 saturated heterocycles. The SMILES string of the molecule is FC(F)C(F)(F)C(F)(F)C(F)(F)C(F)(F)C(F)(F)COCCCl. The third-order valence-corrected chi connectivity index (χ3v) is 2.60. The molecule has 0 saturated carbocycles. The van der Waals surface area contributed by atoms with Gasteiger partial charge in [-0.2, -0.15) is 43.9 Å². The molecule has 0 aromatic rings. The molecule has 0 aliphatic heterocycles. The van der Waals surface area contributed by atoms with E-state index >= 15 is 0 Å². The van der Waals surface area contributed by atoms with E-state index in [0.29, 0.717) is 0 Å². The van der Waals surface area contributed by atoms with Crippen LogP contribution in [-0.2, 0) is 4.74 Å². The summed E-state index contributed by atoms with van der Waals surface area (Å²) >= 11 is 4.89. The molecule has 0 heterocycles. The van der Waals surface area contributed by atoms with E-state index in [1.807, 2.05) is 0 Å². The normalized spacial score (nSPS) is 15.4. The molecule has 0 unspecified atom stereocenters. The van der Waals surface area contributed by atoms with Gasteiger partial charge in [0.05, 0.1) is 6.61 Å². The molecule has 1 nitrogen and oxygen atoms in total. The Morgan fingerprint density at radius 2 is 1.17 bits per heavy atom. The maximum absolute atomic E-state index is 13.0. The van der Waals surface area contributed by atoms with Crippen LogP contribution in [0.25, 0.3) is 0 Å². The number of hydrogen-bond acceptors (Lipinski definition) is 1. The van der Waals surface area contributed by atoms with Crippen LogP contribution in [0.4, 0.5) is 52.7 Å². The largest absolute Gasteiger partial charge is 0.384 e. The van der Waals surface area contributed by atoms with Crippen LogP contribution in [0.2, 0.25) is 0 Å². The van der Waals surface area contributed by atoms with Crippen LogP contribution < -0.4 is 0 Å². The number of alkyl halides is 13. The highest BCUT2D eigenvalue weighted by molar-refractivity contribution is 6.17. The molecule has 23 heavy (non-hydrogen) atoms. The van der Waals surface area contributed by atoms with Crippen LogP contribution in [0.5, 0.6) is 0 Å². The van der Waals surface area contributed by atoms with Crippen molar-refractivity contribution in [1.82, 2.24) is 0 Å². The number of hydrogen-bond donors (Lipinski definition) is 0. The summed E-state index contributed by atoms with van der Waals surface area (Å²) in [6, 6.07) is 0. The maximum Gasteiger partial charge on any atom is 0.384 e. The maximum atomic E-state index is 13.0. The summed E-state index contributed by atoms with van der Waals surface area (Å²) in [7, 11) is 0. The van der Waals surface area contributed by atoms with Crippen LogP contribution in [0.1, 0.15) is 0 Å². The van der Waals surface area contributed by atoms with Gasteiger partial charge in [-0.15, -0.1) is 11.6 Å². The van der Waals surface area contributed by atoms with Gasteiger partial charge in [-0.05, 0) is 0 Å². The lowest BCUT2D eigenvalue weighted by Crippen LogP contribution is -2.69. The molecule has 14 heteroatoms. The van der Waals surface area contributed by atoms with Crippen LogP contribution >= 0.6 is 11.6 Å². The van der Waals surface area contributed by atoms with E-state index in [1.54, 1.807) is 0 Å². The monoisotopic (exact) mass is 394 g/mol. The van der Waals surface area contributed by atoms with Gasteiger partial charge in [0, 0.05) is 5.88 Å². The van der Waals surface area contributed by atoms with E-state index in [9.17, 15) is 52.7 Å². The molecule has 0 amide bonds. The van der Waals surface area contributed by atoms with E-state index in [-0.39, 0.29) is 0 Å². The lowest BCUT2D eigenvalue weighted by molar-refractivity contribution is -0.415. The molecule has 0 aromatic carbocycles. The minimum Gasteiger partial charge on any atom is -0.374 e. The zero-order valence-electron chi connectivity index (χ0n) is 10.5. The van der Waals surface area contributed by atoms with Crippen molar-refractivity contribution in [2.24, 2.45) is 0 Å². The lowest BCUT2D eigenvalue weighted by Gasteiger charge is -2.39. The van der Waals surface area contributed by atoms with Gasteiger partial charge in [-0.25, -0.2) is 8.78 Å². The predicted molar refractivity (Wildman–Crippen MR) is 52.3 cm³/mol. The first-order valence-electron chi connectivity index (χ1n) is 5.31. The Labute approximate surface area is 125 Å². The summed E-state index contributed by atoms with van der Waals surface area (Å²) in [6.45, 7) is -3.47. The van der Waals surface area contributed by atoms with Crippen molar-refractivity contribution < 1.29 is 57.4 Å². The zero-order valence-corrected chi connectivity index (χ0v) is 11.3. The van der Waals surface area contributed by atoms with Crippen LogP contribution in [0, 0.1) is 0 Å². The lowest BCUT2D eigenvalue weighted by atomic mass is 9.94. The van der Waals surface area contributed by atoms with Crippen molar-refractivity contribution >= 4 is 11.6 Å². The van der Waals surface area contributed by atoms with Crippen molar-refractivity contribution in [1.29, 1.82) is 0 Å². The van der Waals surface area contributed by atoms with E-state index < -0.39 is 55.1 Å². The molecule has 0 radical (unpaired) electrons. The van der Waals surface area contributed by atoms with Crippen LogP contribution in [0.3, 0.4) is 0 Å². The summed E-state index contributed by atoms with van der Waals surface area (Å²) in [5, 5.41) is 0. The fourth-order valence-corrected chi connectivity index (χ4v) is 1.23. The van der Waals surface area contributed by atoms with Gasteiger partial charge in [-0.3, -0.25) is 0 Å². The van der Waals surface area contributed by atoms with Crippen molar-refractivity contribution in [2.45, 2.75) is 36.0 Å². The average molecular weight is 395 g/mol. The molecule has 0 atom stereocenters. The standard InChI is InChI=1S/C9H7ClF12O/c10-1-2-23-3-5(13,14)7(17,18)9(21,22)8(19,20)6(15,16)4(11)12/h4H,1-3H2.